The number of hydrogen-bond acceptors (Lipinski definition) is 1. The normalized spacial score (nSPS) is 22.9. The van der Waals surface area contributed by atoms with E-state index in [1.54, 1.807) is 0 Å². The molecule has 1 saturated carbocycles. The van der Waals surface area contributed by atoms with Gasteiger partial charge in [0.15, 0.2) is 0 Å². The molecule has 1 nitrogen and oxygen atoms in total. The Morgan fingerprint density at radius 2 is 2.10 bits per heavy atom. The minimum absolute atomic E-state index is 0.778. The molecule has 0 amide bonds. The van der Waals surface area contributed by atoms with Gasteiger partial charge < -0.3 is 4.99 Å². The predicted molar refractivity (Wildman–Crippen MR) is 45.5 cm³/mol. The van der Waals surface area contributed by atoms with Gasteiger partial charge in [-0.05, 0) is 18.6 Å². The first kappa shape index (κ1) is 7.77. The molecular formula is C9H17N. The highest BCUT2D eigenvalue weighted by Gasteiger charge is 2.20. The molecule has 0 N–H and O–H groups in total. The summed E-state index contributed by atoms with van der Waals surface area (Å²) in [5.74, 6) is 1.73. The Hall–Kier alpha value is -0.330. The fourth-order valence-electron chi connectivity index (χ4n) is 1.88. The maximum atomic E-state index is 3.93. The van der Waals surface area contributed by atoms with Crippen molar-refractivity contribution >= 4 is 6.72 Å². The van der Waals surface area contributed by atoms with E-state index < -0.39 is 0 Å². The van der Waals surface area contributed by atoms with Gasteiger partial charge in [0.25, 0.3) is 0 Å². The Kier molecular flexibility index (Phi) is 2.91. The third-order valence-electron chi connectivity index (χ3n) is 2.62. The van der Waals surface area contributed by atoms with Crippen LogP contribution in [-0.4, -0.2) is 13.3 Å². The summed E-state index contributed by atoms with van der Waals surface area (Å²) in [5.41, 5.74) is 0. The van der Waals surface area contributed by atoms with Gasteiger partial charge in [-0.2, -0.15) is 0 Å². The molecular weight excluding hydrogens is 122 g/mol. The van der Waals surface area contributed by atoms with Crippen molar-refractivity contribution in [1.82, 2.24) is 0 Å². The topological polar surface area (TPSA) is 12.4 Å². The first-order valence-electron chi connectivity index (χ1n) is 4.27. The van der Waals surface area contributed by atoms with E-state index >= 15 is 0 Å². The minimum Gasteiger partial charge on any atom is -0.301 e. The summed E-state index contributed by atoms with van der Waals surface area (Å²) in [6, 6.07) is 0. The van der Waals surface area contributed by atoms with Crippen LogP contribution >= 0.6 is 0 Å². The van der Waals surface area contributed by atoms with E-state index in [4.69, 9.17) is 0 Å². The van der Waals surface area contributed by atoms with Gasteiger partial charge in [0.1, 0.15) is 0 Å². The Labute approximate surface area is 63.5 Å². The fraction of sp³-hybridized carbons (Fsp3) is 0.889. The van der Waals surface area contributed by atoms with Crippen LogP contribution in [0.5, 0.6) is 0 Å². The third kappa shape index (κ3) is 1.83. The molecule has 0 radical (unpaired) electrons. The smallest absolute Gasteiger partial charge is 0.0410 e. The van der Waals surface area contributed by atoms with E-state index in [-0.39, 0.29) is 0 Å². The largest absolute Gasteiger partial charge is 0.301 e. The summed E-state index contributed by atoms with van der Waals surface area (Å²) in [6.45, 7) is 6.78. The van der Waals surface area contributed by atoms with Crippen molar-refractivity contribution in [2.75, 3.05) is 6.54 Å². The highest BCUT2D eigenvalue weighted by molar-refractivity contribution is 5.23. The molecule has 10 heavy (non-hydrogen) atoms. The average molecular weight is 139 g/mol. The summed E-state index contributed by atoms with van der Waals surface area (Å²) in [5, 5.41) is 0. The lowest BCUT2D eigenvalue weighted by Crippen LogP contribution is -2.10. The molecule has 0 spiro atoms. The second-order valence-electron chi connectivity index (χ2n) is 3.43. The second kappa shape index (κ2) is 3.75. The summed E-state index contributed by atoms with van der Waals surface area (Å²) in [6.07, 6.45) is 5.73. The van der Waals surface area contributed by atoms with Gasteiger partial charge in [-0.1, -0.05) is 32.6 Å². The summed E-state index contributed by atoms with van der Waals surface area (Å²) >= 11 is 0. The first-order valence-corrected chi connectivity index (χ1v) is 4.27. The molecule has 0 aromatic carbocycles. The minimum atomic E-state index is 0.778. The van der Waals surface area contributed by atoms with Crippen molar-refractivity contribution < 1.29 is 0 Å². The highest BCUT2D eigenvalue weighted by atomic mass is 14.7. The molecule has 0 heterocycles. The van der Waals surface area contributed by atoms with E-state index in [2.05, 4.69) is 18.6 Å². The molecule has 0 aromatic heterocycles. The van der Waals surface area contributed by atoms with Crippen LogP contribution in [0.15, 0.2) is 4.99 Å². The van der Waals surface area contributed by atoms with Gasteiger partial charge in [-0.3, -0.25) is 0 Å². The highest BCUT2D eigenvalue weighted by Crippen LogP contribution is 2.30. The molecule has 1 aliphatic rings. The van der Waals surface area contributed by atoms with Gasteiger partial charge >= 0.3 is 0 Å². The second-order valence-corrected chi connectivity index (χ2v) is 3.43. The van der Waals surface area contributed by atoms with Crippen LogP contribution in [0.2, 0.25) is 0 Å². The maximum Gasteiger partial charge on any atom is 0.0410 e. The van der Waals surface area contributed by atoms with Crippen molar-refractivity contribution in [3.63, 3.8) is 0 Å². The van der Waals surface area contributed by atoms with Crippen LogP contribution in [-0.2, 0) is 0 Å². The number of aliphatic imine (C=N–C) groups is 1. The van der Waals surface area contributed by atoms with Crippen LogP contribution in [0.3, 0.4) is 0 Å². The molecule has 1 atom stereocenters. The zero-order valence-corrected chi connectivity index (χ0v) is 6.84. The van der Waals surface area contributed by atoms with Gasteiger partial charge in [0, 0.05) is 6.54 Å². The summed E-state index contributed by atoms with van der Waals surface area (Å²) in [7, 11) is 0. The molecule has 1 rings (SSSR count). The lowest BCUT2D eigenvalue weighted by Gasteiger charge is -2.15. The van der Waals surface area contributed by atoms with Crippen LogP contribution in [0.25, 0.3) is 0 Å². The zero-order valence-electron chi connectivity index (χ0n) is 6.84. The lowest BCUT2D eigenvalue weighted by atomic mass is 9.93. The number of rotatable bonds is 3. The molecule has 0 saturated heterocycles. The van der Waals surface area contributed by atoms with Gasteiger partial charge in [-0.15, -0.1) is 0 Å². The molecule has 1 fully saturated rings. The van der Waals surface area contributed by atoms with Crippen LogP contribution in [0.1, 0.15) is 32.6 Å². The molecule has 1 unspecified atom stereocenters. The number of hydrogen-bond donors (Lipinski definition) is 0. The lowest BCUT2D eigenvalue weighted by molar-refractivity contribution is 0.376. The maximum absolute atomic E-state index is 3.93. The molecule has 0 aliphatic heterocycles. The third-order valence-corrected chi connectivity index (χ3v) is 2.62. The zero-order chi connectivity index (χ0) is 7.40. The quantitative estimate of drug-likeness (QED) is 0.533. The Morgan fingerprint density at radius 1 is 1.50 bits per heavy atom. The molecule has 0 aromatic rings. The first-order chi connectivity index (χ1) is 4.84. The average Bonchev–Trinajstić information content (AvgIpc) is 2.38. The Morgan fingerprint density at radius 3 is 2.60 bits per heavy atom. The van der Waals surface area contributed by atoms with Crippen molar-refractivity contribution in [2.45, 2.75) is 32.6 Å². The van der Waals surface area contributed by atoms with Gasteiger partial charge in [0.05, 0.1) is 0 Å². The van der Waals surface area contributed by atoms with Crippen molar-refractivity contribution in [3.05, 3.63) is 0 Å². The number of nitrogens with zero attached hydrogens (tertiary/aromatic N) is 1. The van der Waals surface area contributed by atoms with Crippen molar-refractivity contribution in [1.29, 1.82) is 0 Å². The van der Waals surface area contributed by atoms with E-state index in [1.165, 1.54) is 25.7 Å². The Balaban J connectivity index is 2.24. The van der Waals surface area contributed by atoms with E-state index in [9.17, 15) is 0 Å². The van der Waals surface area contributed by atoms with Gasteiger partial charge in [0.2, 0.25) is 0 Å². The molecule has 0 bridgehead atoms. The molecule has 1 aliphatic carbocycles. The fourth-order valence-corrected chi connectivity index (χ4v) is 1.88. The molecule has 1 heteroatoms. The molecule has 58 valence electrons. The van der Waals surface area contributed by atoms with Crippen molar-refractivity contribution in [3.8, 4) is 0 Å². The van der Waals surface area contributed by atoms with Crippen molar-refractivity contribution in [2.24, 2.45) is 16.8 Å². The van der Waals surface area contributed by atoms with Gasteiger partial charge in [-0.25, -0.2) is 0 Å². The van der Waals surface area contributed by atoms with E-state index in [0.29, 0.717) is 0 Å². The van der Waals surface area contributed by atoms with E-state index in [0.717, 1.165) is 18.4 Å². The predicted octanol–water partition coefficient (Wildman–Crippen LogP) is 2.51. The van der Waals surface area contributed by atoms with E-state index in [1.807, 2.05) is 0 Å². The van der Waals surface area contributed by atoms with Crippen LogP contribution in [0, 0.1) is 11.8 Å². The monoisotopic (exact) mass is 139 g/mol. The SMILES string of the molecule is C=NCC(C)C1CCCC1. The van der Waals surface area contributed by atoms with Crippen LogP contribution in [0.4, 0.5) is 0 Å². The Bertz CT molecular complexity index is 103. The summed E-state index contributed by atoms with van der Waals surface area (Å²) < 4.78 is 0. The standard InChI is InChI=1S/C9H17N/c1-8(7-10-2)9-5-3-4-6-9/h8-9H,2-7H2,1H3. The van der Waals surface area contributed by atoms with Crippen LogP contribution < -0.4 is 0 Å². The summed E-state index contributed by atoms with van der Waals surface area (Å²) in [4.78, 5) is 3.93.